The molecule has 0 unspecified atom stereocenters. The quantitative estimate of drug-likeness (QED) is 0.759. The number of nitrogens with zero attached hydrogens (tertiary/aromatic N) is 2. The lowest BCUT2D eigenvalue weighted by Gasteiger charge is -2.34. The van der Waals surface area contributed by atoms with E-state index < -0.39 is 5.82 Å². The van der Waals surface area contributed by atoms with Crippen molar-refractivity contribution in [3.8, 4) is 23.0 Å². The third-order valence-electron chi connectivity index (χ3n) is 4.87. The molecule has 1 aliphatic rings. The monoisotopic (exact) mass is 388 g/mol. The Balaban J connectivity index is 1.71. The Kier molecular flexibility index (Phi) is 6.36. The number of benzene rings is 2. The van der Waals surface area contributed by atoms with Crippen molar-refractivity contribution in [3.05, 3.63) is 47.8 Å². The average molecular weight is 388 g/mol. The Morgan fingerprint density at radius 1 is 0.964 bits per heavy atom. The van der Waals surface area contributed by atoms with Gasteiger partial charge in [-0.3, -0.25) is 4.79 Å². The van der Waals surface area contributed by atoms with Gasteiger partial charge < -0.3 is 24.0 Å². The van der Waals surface area contributed by atoms with Gasteiger partial charge in [-0.15, -0.1) is 0 Å². The predicted molar refractivity (Wildman–Crippen MR) is 104 cm³/mol. The van der Waals surface area contributed by atoms with Crippen molar-refractivity contribution in [2.24, 2.45) is 0 Å². The van der Waals surface area contributed by atoms with Crippen LogP contribution in [0.25, 0.3) is 0 Å². The number of halogens is 1. The molecule has 2 aromatic carbocycles. The van der Waals surface area contributed by atoms with Crippen LogP contribution in [0.5, 0.6) is 23.0 Å². The van der Waals surface area contributed by atoms with Crippen LogP contribution in [0.4, 0.5) is 4.39 Å². The van der Waals surface area contributed by atoms with Gasteiger partial charge in [0.25, 0.3) is 5.91 Å². The van der Waals surface area contributed by atoms with E-state index in [1.54, 1.807) is 29.2 Å². The number of amides is 1. The van der Waals surface area contributed by atoms with Crippen LogP contribution in [0.2, 0.25) is 0 Å². The molecule has 0 aliphatic carbocycles. The number of carbonyl (C=O) groups is 1. The first-order valence-corrected chi connectivity index (χ1v) is 9.26. The molecule has 28 heavy (non-hydrogen) atoms. The topological polar surface area (TPSA) is 51.2 Å². The Morgan fingerprint density at radius 2 is 1.64 bits per heavy atom. The second-order valence-corrected chi connectivity index (χ2v) is 6.49. The molecule has 6 nitrogen and oxygen atoms in total. The van der Waals surface area contributed by atoms with Gasteiger partial charge in [0.1, 0.15) is 5.75 Å². The van der Waals surface area contributed by atoms with Crippen LogP contribution in [0.1, 0.15) is 17.3 Å². The number of likely N-dealkylation sites (N-methyl/N-ethyl adjacent to an activating group) is 1. The Morgan fingerprint density at radius 3 is 2.25 bits per heavy atom. The zero-order chi connectivity index (χ0) is 20.1. The SMILES string of the molecule is CCN1CCN(C(=O)c2ccc(Oc3ccc(OC)c(OC)c3)c(F)c2)CC1. The van der Waals surface area contributed by atoms with E-state index in [9.17, 15) is 9.18 Å². The number of rotatable bonds is 6. The second-order valence-electron chi connectivity index (χ2n) is 6.49. The zero-order valence-electron chi connectivity index (χ0n) is 16.4. The highest BCUT2D eigenvalue weighted by molar-refractivity contribution is 5.94. The Labute approximate surface area is 164 Å². The van der Waals surface area contributed by atoms with Gasteiger partial charge in [0.15, 0.2) is 23.1 Å². The third-order valence-corrected chi connectivity index (χ3v) is 4.87. The molecule has 1 heterocycles. The molecule has 7 heteroatoms. The number of piperazine rings is 1. The summed E-state index contributed by atoms with van der Waals surface area (Å²) in [5.74, 6) is 0.740. The van der Waals surface area contributed by atoms with Crippen LogP contribution in [0, 0.1) is 5.82 Å². The molecule has 0 aromatic heterocycles. The van der Waals surface area contributed by atoms with Gasteiger partial charge >= 0.3 is 0 Å². The van der Waals surface area contributed by atoms with Crippen LogP contribution >= 0.6 is 0 Å². The number of hydrogen-bond donors (Lipinski definition) is 0. The maximum Gasteiger partial charge on any atom is 0.254 e. The third kappa shape index (κ3) is 4.36. The lowest BCUT2D eigenvalue weighted by Crippen LogP contribution is -2.48. The minimum Gasteiger partial charge on any atom is -0.493 e. The molecule has 0 spiro atoms. The molecule has 1 aliphatic heterocycles. The fraction of sp³-hybridized carbons (Fsp3) is 0.381. The summed E-state index contributed by atoms with van der Waals surface area (Å²) in [4.78, 5) is 16.7. The first-order chi connectivity index (χ1) is 13.5. The molecular weight excluding hydrogens is 363 g/mol. The largest absolute Gasteiger partial charge is 0.493 e. The number of carbonyl (C=O) groups excluding carboxylic acids is 1. The van der Waals surface area contributed by atoms with Crippen LogP contribution in [-0.4, -0.2) is 62.7 Å². The molecule has 150 valence electrons. The first kappa shape index (κ1) is 19.9. The maximum atomic E-state index is 14.5. The summed E-state index contributed by atoms with van der Waals surface area (Å²) in [6.45, 7) is 6.05. The van der Waals surface area contributed by atoms with E-state index in [1.165, 1.54) is 26.4 Å². The fourth-order valence-electron chi connectivity index (χ4n) is 3.17. The number of methoxy groups -OCH3 is 2. The molecule has 0 atom stereocenters. The van der Waals surface area contributed by atoms with Gasteiger partial charge in [-0.2, -0.15) is 0 Å². The molecule has 2 aromatic rings. The number of ether oxygens (including phenoxy) is 3. The minimum atomic E-state index is -0.590. The molecule has 3 rings (SSSR count). The summed E-state index contributed by atoms with van der Waals surface area (Å²) in [6, 6.07) is 9.25. The molecule has 0 saturated carbocycles. The standard InChI is InChI=1S/C21H25FN2O4/c1-4-23-9-11-24(12-10-23)21(25)15-5-7-18(17(22)13-15)28-16-6-8-19(26-2)20(14-16)27-3/h5-8,13-14H,4,9-12H2,1-3H3. The van der Waals surface area contributed by atoms with E-state index in [0.29, 0.717) is 35.9 Å². The van der Waals surface area contributed by atoms with Crippen LogP contribution in [0.15, 0.2) is 36.4 Å². The summed E-state index contributed by atoms with van der Waals surface area (Å²) in [7, 11) is 3.05. The van der Waals surface area contributed by atoms with Gasteiger partial charge in [0.2, 0.25) is 0 Å². The minimum absolute atomic E-state index is 0.0413. The highest BCUT2D eigenvalue weighted by atomic mass is 19.1. The molecule has 1 saturated heterocycles. The summed E-state index contributed by atoms with van der Waals surface area (Å²) in [6.07, 6.45) is 0. The van der Waals surface area contributed by atoms with Crippen LogP contribution < -0.4 is 14.2 Å². The van der Waals surface area contributed by atoms with E-state index in [1.807, 2.05) is 0 Å². The zero-order valence-corrected chi connectivity index (χ0v) is 16.4. The Bertz CT molecular complexity index is 835. The van der Waals surface area contributed by atoms with Crippen molar-refractivity contribution in [3.63, 3.8) is 0 Å². The highest BCUT2D eigenvalue weighted by Gasteiger charge is 2.22. The summed E-state index contributed by atoms with van der Waals surface area (Å²) < 4.78 is 30.6. The van der Waals surface area contributed by atoms with Crippen molar-refractivity contribution in [1.82, 2.24) is 9.80 Å². The van der Waals surface area contributed by atoms with Crippen molar-refractivity contribution >= 4 is 5.91 Å². The van der Waals surface area contributed by atoms with Crippen molar-refractivity contribution in [2.45, 2.75) is 6.92 Å². The molecule has 1 amide bonds. The summed E-state index contributed by atoms with van der Waals surface area (Å²) >= 11 is 0. The fourth-order valence-corrected chi connectivity index (χ4v) is 3.17. The normalized spacial score (nSPS) is 14.6. The lowest BCUT2D eigenvalue weighted by molar-refractivity contribution is 0.0643. The smallest absolute Gasteiger partial charge is 0.254 e. The molecule has 1 fully saturated rings. The first-order valence-electron chi connectivity index (χ1n) is 9.26. The van der Waals surface area contributed by atoms with Crippen molar-refractivity contribution < 1.29 is 23.4 Å². The van der Waals surface area contributed by atoms with Crippen LogP contribution in [-0.2, 0) is 0 Å². The lowest BCUT2D eigenvalue weighted by atomic mass is 10.1. The Hall–Kier alpha value is -2.80. The highest BCUT2D eigenvalue weighted by Crippen LogP contribution is 2.34. The van der Waals surface area contributed by atoms with E-state index in [2.05, 4.69) is 11.8 Å². The van der Waals surface area contributed by atoms with Crippen molar-refractivity contribution in [1.29, 1.82) is 0 Å². The van der Waals surface area contributed by atoms with E-state index in [-0.39, 0.29) is 11.7 Å². The maximum absolute atomic E-state index is 14.5. The van der Waals surface area contributed by atoms with E-state index in [0.717, 1.165) is 19.6 Å². The van der Waals surface area contributed by atoms with Gasteiger partial charge in [-0.1, -0.05) is 6.92 Å². The molecular formula is C21H25FN2O4. The molecule has 0 bridgehead atoms. The van der Waals surface area contributed by atoms with Gasteiger partial charge in [-0.25, -0.2) is 4.39 Å². The van der Waals surface area contributed by atoms with E-state index in [4.69, 9.17) is 14.2 Å². The summed E-state index contributed by atoms with van der Waals surface area (Å²) in [5, 5.41) is 0. The predicted octanol–water partition coefficient (Wildman–Crippen LogP) is 3.41. The second kappa shape index (κ2) is 8.93. The van der Waals surface area contributed by atoms with E-state index >= 15 is 0 Å². The van der Waals surface area contributed by atoms with Gasteiger partial charge in [0, 0.05) is 37.8 Å². The van der Waals surface area contributed by atoms with Gasteiger partial charge in [-0.05, 0) is 36.9 Å². The molecule has 0 radical (unpaired) electrons. The summed E-state index contributed by atoms with van der Waals surface area (Å²) in [5.41, 5.74) is 0.321. The van der Waals surface area contributed by atoms with Crippen molar-refractivity contribution in [2.75, 3.05) is 46.9 Å². The average Bonchev–Trinajstić information content (AvgIpc) is 2.74. The van der Waals surface area contributed by atoms with Crippen LogP contribution in [0.3, 0.4) is 0 Å². The number of hydrogen-bond acceptors (Lipinski definition) is 5. The molecule has 0 N–H and O–H groups in total. The van der Waals surface area contributed by atoms with Gasteiger partial charge in [0.05, 0.1) is 14.2 Å².